The van der Waals surface area contributed by atoms with E-state index in [0.29, 0.717) is 23.6 Å². The molecule has 7 nitrogen and oxygen atoms in total. The molecular formula is C20H24N2O5S. The second kappa shape index (κ2) is 8.10. The highest BCUT2D eigenvalue weighted by Gasteiger charge is 2.24. The lowest BCUT2D eigenvalue weighted by molar-refractivity contribution is -0.120. The van der Waals surface area contributed by atoms with Gasteiger partial charge in [0.15, 0.2) is 11.5 Å². The van der Waals surface area contributed by atoms with Crippen molar-refractivity contribution in [2.75, 3.05) is 23.9 Å². The molecule has 0 radical (unpaired) electrons. The van der Waals surface area contributed by atoms with Crippen molar-refractivity contribution < 1.29 is 22.7 Å². The molecule has 0 aromatic heterocycles. The Bertz CT molecular complexity index is 957. The van der Waals surface area contributed by atoms with E-state index in [2.05, 4.69) is 5.32 Å². The van der Waals surface area contributed by atoms with Crippen molar-refractivity contribution in [1.82, 2.24) is 5.32 Å². The molecule has 150 valence electrons. The molecule has 0 spiro atoms. The van der Waals surface area contributed by atoms with Crippen molar-refractivity contribution in [3.05, 3.63) is 53.6 Å². The topological polar surface area (TPSA) is 84.9 Å². The quantitative estimate of drug-likeness (QED) is 0.767. The number of carbonyl (C=O) groups is 1. The van der Waals surface area contributed by atoms with E-state index >= 15 is 0 Å². The fraction of sp³-hybridized carbons (Fsp3) is 0.350. The van der Waals surface area contributed by atoms with Crippen LogP contribution in [0.25, 0.3) is 0 Å². The molecule has 0 aliphatic carbocycles. The van der Waals surface area contributed by atoms with E-state index in [1.54, 1.807) is 18.2 Å². The lowest BCUT2D eigenvalue weighted by Crippen LogP contribution is -2.41. The Morgan fingerprint density at radius 2 is 1.82 bits per heavy atom. The third kappa shape index (κ3) is 4.56. The van der Waals surface area contributed by atoms with Gasteiger partial charge in [-0.05, 0) is 31.0 Å². The molecule has 28 heavy (non-hydrogen) atoms. The van der Waals surface area contributed by atoms with Crippen LogP contribution in [-0.2, 0) is 14.8 Å². The third-order valence-corrected chi connectivity index (χ3v) is 5.70. The molecule has 0 saturated heterocycles. The highest BCUT2D eigenvalue weighted by Crippen LogP contribution is 2.36. The molecule has 0 saturated carbocycles. The second-order valence-corrected chi connectivity index (χ2v) is 8.65. The first kappa shape index (κ1) is 20.0. The van der Waals surface area contributed by atoms with Gasteiger partial charge in [-0.3, -0.25) is 9.10 Å². The zero-order valence-corrected chi connectivity index (χ0v) is 17.0. The van der Waals surface area contributed by atoms with Gasteiger partial charge in [0.05, 0.1) is 18.0 Å². The number of sulfonamides is 1. The van der Waals surface area contributed by atoms with Gasteiger partial charge in [-0.1, -0.05) is 36.8 Å². The van der Waals surface area contributed by atoms with Gasteiger partial charge in [-0.25, -0.2) is 8.42 Å². The van der Waals surface area contributed by atoms with Gasteiger partial charge >= 0.3 is 0 Å². The van der Waals surface area contributed by atoms with Crippen molar-refractivity contribution in [3.8, 4) is 11.5 Å². The maximum absolute atomic E-state index is 12.6. The first-order valence-electron chi connectivity index (χ1n) is 9.01. The van der Waals surface area contributed by atoms with Gasteiger partial charge in [0, 0.05) is 6.07 Å². The number of benzene rings is 2. The molecule has 0 unspecified atom stereocenters. The Kier molecular flexibility index (Phi) is 5.79. The van der Waals surface area contributed by atoms with Crippen LogP contribution in [0.2, 0.25) is 0 Å². The van der Waals surface area contributed by atoms with Crippen LogP contribution < -0.4 is 19.1 Å². The SMILES string of the molecule is CC[C@H](NC(=O)CN(c1ccc2c(c1)OCO2)S(C)(=O)=O)c1ccc(C)cc1. The number of fused-ring (bicyclic) bond motifs is 1. The molecule has 3 rings (SSSR count). The minimum atomic E-state index is -3.67. The van der Waals surface area contributed by atoms with Crippen LogP contribution in [0.3, 0.4) is 0 Å². The Morgan fingerprint density at radius 1 is 1.14 bits per heavy atom. The molecule has 1 aliphatic rings. The smallest absolute Gasteiger partial charge is 0.241 e. The molecular weight excluding hydrogens is 380 g/mol. The first-order chi connectivity index (χ1) is 13.3. The Labute approximate surface area is 165 Å². The van der Waals surface area contributed by atoms with Gasteiger partial charge < -0.3 is 14.8 Å². The molecule has 0 bridgehead atoms. The van der Waals surface area contributed by atoms with Crippen LogP contribution in [0, 0.1) is 6.92 Å². The maximum atomic E-state index is 12.6. The van der Waals surface area contributed by atoms with Gasteiger partial charge in [0.25, 0.3) is 0 Å². The first-order valence-corrected chi connectivity index (χ1v) is 10.9. The van der Waals surface area contributed by atoms with Crippen molar-refractivity contribution >= 4 is 21.6 Å². The number of nitrogens with zero attached hydrogens (tertiary/aromatic N) is 1. The zero-order chi connectivity index (χ0) is 20.3. The van der Waals surface area contributed by atoms with E-state index in [1.165, 1.54) is 0 Å². The van der Waals surface area contributed by atoms with Crippen LogP contribution in [0.5, 0.6) is 11.5 Å². The predicted octanol–water partition coefficient (Wildman–Crippen LogP) is 2.76. The average molecular weight is 404 g/mol. The van der Waals surface area contributed by atoms with Gasteiger partial charge in [-0.2, -0.15) is 0 Å². The minimum absolute atomic E-state index is 0.0902. The summed E-state index contributed by atoms with van der Waals surface area (Å²) in [5.41, 5.74) is 2.47. The van der Waals surface area contributed by atoms with Crippen LogP contribution in [-0.4, -0.2) is 33.9 Å². The van der Waals surface area contributed by atoms with E-state index in [-0.39, 0.29) is 25.3 Å². The Hall–Kier alpha value is -2.74. The van der Waals surface area contributed by atoms with Crippen LogP contribution in [0.4, 0.5) is 5.69 Å². The molecule has 2 aromatic rings. The van der Waals surface area contributed by atoms with Gasteiger partial charge in [0.1, 0.15) is 6.54 Å². The Balaban J connectivity index is 1.77. The van der Waals surface area contributed by atoms with E-state index in [0.717, 1.165) is 21.7 Å². The molecule has 8 heteroatoms. The fourth-order valence-corrected chi connectivity index (χ4v) is 3.88. The Morgan fingerprint density at radius 3 is 2.46 bits per heavy atom. The second-order valence-electron chi connectivity index (χ2n) is 6.75. The van der Waals surface area contributed by atoms with E-state index < -0.39 is 10.0 Å². The largest absolute Gasteiger partial charge is 0.454 e. The summed E-state index contributed by atoms with van der Waals surface area (Å²) in [5, 5.41) is 2.93. The van der Waals surface area contributed by atoms with Crippen molar-refractivity contribution in [3.63, 3.8) is 0 Å². The van der Waals surface area contributed by atoms with Crippen molar-refractivity contribution in [1.29, 1.82) is 0 Å². The number of ether oxygens (including phenoxy) is 2. The summed E-state index contributed by atoms with van der Waals surface area (Å²) in [6, 6.07) is 12.5. The number of rotatable bonds is 7. The standard InChI is InChI=1S/C20H24N2O5S/c1-4-17(15-7-5-14(2)6-8-15)21-20(23)12-22(28(3,24)25)16-9-10-18-19(11-16)27-13-26-18/h5-11,17H,4,12-13H2,1-3H3,(H,21,23)/t17-/m0/s1. The molecule has 1 aliphatic heterocycles. The predicted molar refractivity (Wildman–Crippen MR) is 107 cm³/mol. The molecule has 1 atom stereocenters. The molecule has 1 amide bonds. The number of carbonyl (C=O) groups excluding carboxylic acids is 1. The summed E-state index contributed by atoms with van der Waals surface area (Å²) in [5.74, 6) is 0.625. The van der Waals surface area contributed by atoms with E-state index in [4.69, 9.17) is 9.47 Å². The number of anilines is 1. The molecule has 2 aromatic carbocycles. The van der Waals surface area contributed by atoms with Gasteiger partial charge in [0.2, 0.25) is 22.7 Å². The fourth-order valence-electron chi connectivity index (χ4n) is 3.03. The highest BCUT2D eigenvalue weighted by molar-refractivity contribution is 7.92. The van der Waals surface area contributed by atoms with Crippen LogP contribution in [0.15, 0.2) is 42.5 Å². The number of amides is 1. The number of hydrogen-bond donors (Lipinski definition) is 1. The van der Waals surface area contributed by atoms with Crippen LogP contribution in [0.1, 0.15) is 30.5 Å². The zero-order valence-electron chi connectivity index (χ0n) is 16.1. The lowest BCUT2D eigenvalue weighted by atomic mass is 10.0. The summed E-state index contributed by atoms with van der Waals surface area (Å²) >= 11 is 0. The number of nitrogens with one attached hydrogen (secondary N) is 1. The average Bonchev–Trinajstić information content (AvgIpc) is 3.12. The normalized spacial score (nSPS) is 13.8. The summed E-state index contributed by atoms with van der Waals surface area (Å²) in [7, 11) is -3.67. The highest BCUT2D eigenvalue weighted by atomic mass is 32.2. The molecule has 1 N–H and O–H groups in total. The minimum Gasteiger partial charge on any atom is -0.454 e. The van der Waals surface area contributed by atoms with E-state index in [1.807, 2.05) is 38.1 Å². The summed E-state index contributed by atoms with van der Waals surface area (Å²) in [6.07, 6.45) is 1.76. The lowest BCUT2D eigenvalue weighted by Gasteiger charge is -2.24. The maximum Gasteiger partial charge on any atom is 0.241 e. The molecule has 0 fully saturated rings. The van der Waals surface area contributed by atoms with Crippen molar-refractivity contribution in [2.24, 2.45) is 0 Å². The number of hydrogen-bond acceptors (Lipinski definition) is 5. The molecule has 1 heterocycles. The number of aryl methyl sites for hydroxylation is 1. The summed E-state index contributed by atoms with van der Waals surface area (Å²) < 4.78 is 36.2. The van der Waals surface area contributed by atoms with Gasteiger partial charge in [-0.15, -0.1) is 0 Å². The van der Waals surface area contributed by atoms with Crippen molar-refractivity contribution in [2.45, 2.75) is 26.3 Å². The summed E-state index contributed by atoms with van der Waals surface area (Å²) in [6.45, 7) is 3.74. The van der Waals surface area contributed by atoms with Crippen LogP contribution >= 0.6 is 0 Å². The van der Waals surface area contributed by atoms with E-state index in [9.17, 15) is 13.2 Å². The monoisotopic (exact) mass is 404 g/mol. The summed E-state index contributed by atoms with van der Waals surface area (Å²) in [4.78, 5) is 12.6. The third-order valence-electron chi connectivity index (χ3n) is 4.55.